The monoisotopic (exact) mass is 287 g/mol. The number of benzene rings is 1. The quantitative estimate of drug-likeness (QED) is 0.717. The molecule has 0 unspecified atom stereocenters. The van der Waals surface area contributed by atoms with E-state index >= 15 is 0 Å². The molecular formula is C13H13N5OS. The van der Waals surface area contributed by atoms with Crippen LogP contribution in [-0.2, 0) is 0 Å². The number of aromatic nitrogens is 4. The minimum absolute atomic E-state index is 0.371. The number of aromatic amines is 1. The first-order valence-electron chi connectivity index (χ1n) is 6.14. The Morgan fingerprint density at radius 3 is 2.75 bits per heavy atom. The van der Waals surface area contributed by atoms with Gasteiger partial charge in [0.25, 0.3) is 5.89 Å². The molecular weight excluding hydrogens is 274 g/mol. The van der Waals surface area contributed by atoms with Crippen molar-refractivity contribution in [2.75, 3.05) is 11.5 Å². The molecule has 7 heteroatoms. The number of rotatable bonds is 4. The van der Waals surface area contributed by atoms with Gasteiger partial charge in [0, 0.05) is 16.5 Å². The van der Waals surface area contributed by atoms with Crippen LogP contribution in [0.1, 0.15) is 6.92 Å². The van der Waals surface area contributed by atoms with Gasteiger partial charge in [0.1, 0.15) is 11.5 Å². The molecule has 2 heterocycles. The van der Waals surface area contributed by atoms with Crippen LogP contribution in [0, 0.1) is 0 Å². The largest absolute Gasteiger partial charge is 0.382 e. The Bertz CT molecular complexity index is 704. The fourth-order valence-electron chi connectivity index (χ4n) is 1.76. The fourth-order valence-corrected chi connectivity index (χ4v) is 2.43. The molecule has 20 heavy (non-hydrogen) atoms. The van der Waals surface area contributed by atoms with Crippen molar-refractivity contribution in [3.8, 4) is 23.0 Å². The molecule has 6 nitrogen and oxygen atoms in total. The van der Waals surface area contributed by atoms with E-state index in [0.717, 1.165) is 11.3 Å². The van der Waals surface area contributed by atoms with E-state index in [0.29, 0.717) is 23.2 Å². The van der Waals surface area contributed by atoms with E-state index in [1.54, 1.807) is 17.8 Å². The summed E-state index contributed by atoms with van der Waals surface area (Å²) in [7, 11) is 0. The molecule has 3 aromatic rings. The number of hydrogen-bond donors (Lipinski definition) is 2. The standard InChI is InChI=1S/C13H13N5OS/c1-2-20-9-5-3-8(4-6-9)12-15-13(19-18-12)10-7-11(14)17-16-10/h3-7H,2H2,1H3,(H3,14,16,17). The maximum Gasteiger partial charge on any atom is 0.276 e. The SMILES string of the molecule is CCSc1ccc(-c2noc(-c3cc(N)n[nH]3)n2)cc1. The Morgan fingerprint density at radius 1 is 1.30 bits per heavy atom. The number of thioether (sulfide) groups is 1. The van der Waals surface area contributed by atoms with Gasteiger partial charge >= 0.3 is 0 Å². The predicted molar refractivity (Wildman–Crippen MR) is 78.1 cm³/mol. The molecule has 102 valence electrons. The van der Waals surface area contributed by atoms with Gasteiger partial charge in [-0.1, -0.05) is 12.1 Å². The predicted octanol–water partition coefficient (Wildman–Crippen LogP) is 2.82. The average Bonchev–Trinajstić information content (AvgIpc) is 3.09. The third-order valence-electron chi connectivity index (χ3n) is 2.68. The Balaban J connectivity index is 1.86. The number of hydrogen-bond acceptors (Lipinski definition) is 6. The first-order valence-corrected chi connectivity index (χ1v) is 7.13. The first-order chi connectivity index (χ1) is 9.76. The molecule has 0 saturated heterocycles. The van der Waals surface area contributed by atoms with Gasteiger partial charge in [-0.05, 0) is 30.0 Å². The number of nitrogen functional groups attached to an aromatic ring is 1. The Labute approximate surface area is 119 Å². The maximum atomic E-state index is 5.54. The second-order valence-corrected chi connectivity index (χ2v) is 5.42. The minimum Gasteiger partial charge on any atom is -0.382 e. The molecule has 0 radical (unpaired) electrons. The van der Waals surface area contributed by atoms with E-state index in [2.05, 4.69) is 27.3 Å². The van der Waals surface area contributed by atoms with Crippen molar-refractivity contribution in [3.05, 3.63) is 30.3 Å². The van der Waals surface area contributed by atoms with E-state index < -0.39 is 0 Å². The van der Waals surface area contributed by atoms with Crippen LogP contribution in [0.15, 0.2) is 39.8 Å². The van der Waals surface area contributed by atoms with Gasteiger partial charge < -0.3 is 10.3 Å². The van der Waals surface area contributed by atoms with Crippen molar-refractivity contribution in [1.82, 2.24) is 20.3 Å². The summed E-state index contributed by atoms with van der Waals surface area (Å²) in [5.41, 5.74) is 7.07. The third-order valence-corrected chi connectivity index (χ3v) is 3.57. The normalized spacial score (nSPS) is 10.8. The molecule has 0 bridgehead atoms. The maximum absolute atomic E-state index is 5.54. The Kier molecular flexibility index (Phi) is 3.42. The second kappa shape index (κ2) is 5.38. The van der Waals surface area contributed by atoms with E-state index in [1.807, 2.05) is 24.3 Å². The third kappa shape index (κ3) is 2.53. The van der Waals surface area contributed by atoms with Crippen molar-refractivity contribution in [1.29, 1.82) is 0 Å². The van der Waals surface area contributed by atoms with Crippen LogP contribution in [0.2, 0.25) is 0 Å². The van der Waals surface area contributed by atoms with Gasteiger partial charge in [-0.2, -0.15) is 10.1 Å². The van der Waals surface area contributed by atoms with Gasteiger partial charge in [-0.25, -0.2) is 0 Å². The van der Waals surface area contributed by atoms with Crippen molar-refractivity contribution in [2.45, 2.75) is 11.8 Å². The zero-order valence-electron chi connectivity index (χ0n) is 10.8. The summed E-state index contributed by atoms with van der Waals surface area (Å²) in [5, 5.41) is 10.5. The highest BCUT2D eigenvalue weighted by Crippen LogP contribution is 2.24. The smallest absolute Gasteiger partial charge is 0.276 e. The van der Waals surface area contributed by atoms with Crippen molar-refractivity contribution < 1.29 is 4.52 Å². The summed E-state index contributed by atoms with van der Waals surface area (Å²) >= 11 is 1.79. The lowest BCUT2D eigenvalue weighted by Crippen LogP contribution is -1.82. The van der Waals surface area contributed by atoms with Crippen LogP contribution < -0.4 is 5.73 Å². The van der Waals surface area contributed by atoms with Gasteiger partial charge in [-0.15, -0.1) is 11.8 Å². The zero-order valence-corrected chi connectivity index (χ0v) is 11.6. The highest BCUT2D eigenvalue weighted by atomic mass is 32.2. The van der Waals surface area contributed by atoms with Crippen molar-refractivity contribution >= 4 is 17.6 Å². The number of H-pyrrole nitrogens is 1. The first kappa shape index (κ1) is 12.7. The van der Waals surface area contributed by atoms with Crippen LogP contribution in [0.5, 0.6) is 0 Å². The van der Waals surface area contributed by atoms with Crippen LogP contribution >= 0.6 is 11.8 Å². The molecule has 0 spiro atoms. The molecule has 3 N–H and O–H groups in total. The fraction of sp³-hybridized carbons (Fsp3) is 0.154. The van der Waals surface area contributed by atoms with E-state index in [9.17, 15) is 0 Å². The van der Waals surface area contributed by atoms with Crippen LogP contribution in [-0.4, -0.2) is 26.1 Å². The summed E-state index contributed by atoms with van der Waals surface area (Å²) in [6.07, 6.45) is 0. The van der Waals surface area contributed by atoms with E-state index in [-0.39, 0.29) is 0 Å². The highest BCUT2D eigenvalue weighted by Gasteiger charge is 2.12. The molecule has 0 aliphatic heterocycles. The summed E-state index contributed by atoms with van der Waals surface area (Å²) in [6, 6.07) is 9.71. The van der Waals surface area contributed by atoms with Gasteiger partial charge in [0.05, 0.1) is 0 Å². The topological polar surface area (TPSA) is 93.6 Å². The van der Waals surface area contributed by atoms with E-state index in [1.165, 1.54) is 4.90 Å². The molecule has 1 aromatic carbocycles. The molecule has 2 aromatic heterocycles. The number of nitrogens with zero attached hydrogens (tertiary/aromatic N) is 3. The van der Waals surface area contributed by atoms with Gasteiger partial charge in [-0.3, -0.25) is 5.10 Å². The van der Waals surface area contributed by atoms with Gasteiger partial charge in [0.15, 0.2) is 0 Å². The Morgan fingerprint density at radius 2 is 2.10 bits per heavy atom. The second-order valence-electron chi connectivity index (χ2n) is 4.09. The summed E-state index contributed by atoms with van der Waals surface area (Å²) in [4.78, 5) is 5.55. The number of anilines is 1. The lowest BCUT2D eigenvalue weighted by atomic mass is 10.2. The average molecular weight is 287 g/mol. The van der Waals surface area contributed by atoms with E-state index in [4.69, 9.17) is 10.3 Å². The lowest BCUT2D eigenvalue weighted by Gasteiger charge is -1.98. The minimum atomic E-state index is 0.371. The molecule has 3 rings (SSSR count). The molecule has 0 saturated carbocycles. The summed E-state index contributed by atoms with van der Waals surface area (Å²) < 4.78 is 5.20. The zero-order chi connectivity index (χ0) is 13.9. The Hall–Kier alpha value is -2.28. The highest BCUT2D eigenvalue weighted by molar-refractivity contribution is 7.99. The van der Waals surface area contributed by atoms with Crippen LogP contribution in [0.4, 0.5) is 5.82 Å². The number of nitrogens with one attached hydrogen (secondary N) is 1. The molecule has 0 fully saturated rings. The molecule has 0 atom stereocenters. The molecule has 0 amide bonds. The van der Waals surface area contributed by atoms with Crippen molar-refractivity contribution in [2.24, 2.45) is 0 Å². The van der Waals surface area contributed by atoms with Crippen molar-refractivity contribution in [3.63, 3.8) is 0 Å². The van der Waals surface area contributed by atoms with Crippen LogP contribution in [0.3, 0.4) is 0 Å². The van der Waals surface area contributed by atoms with Crippen LogP contribution in [0.25, 0.3) is 23.0 Å². The summed E-state index contributed by atoms with van der Waals surface area (Å²) in [5.74, 6) is 2.35. The molecule has 0 aliphatic rings. The molecule has 0 aliphatic carbocycles. The lowest BCUT2D eigenvalue weighted by molar-refractivity contribution is 0.431. The number of nitrogens with two attached hydrogens (primary N) is 1. The van der Waals surface area contributed by atoms with Gasteiger partial charge in [0.2, 0.25) is 5.82 Å². The summed E-state index contributed by atoms with van der Waals surface area (Å²) in [6.45, 7) is 2.13.